The van der Waals surface area contributed by atoms with Crippen LogP contribution in [0.3, 0.4) is 0 Å². The Morgan fingerprint density at radius 2 is 2.26 bits per heavy atom. The highest BCUT2D eigenvalue weighted by atomic mass is 32.2. The fraction of sp³-hybridized carbons (Fsp3) is 0.429. The number of benzene rings is 1. The molecule has 1 amide bonds. The van der Waals surface area contributed by atoms with Crippen molar-refractivity contribution >= 4 is 23.4 Å². The lowest BCUT2D eigenvalue weighted by molar-refractivity contribution is -0.115. The molecule has 1 saturated heterocycles. The molecule has 1 heterocycles. The van der Waals surface area contributed by atoms with Crippen molar-refractivity contribution in [1.29, 1.82) is 5.26 Å². The SMILES string of the molecule is N#Cc1ccccc1NC(=O)CCSCC1CNC1. The standard InChI is InChI=1S/C14H17N3OS/c15-7-12-3-1-2-4-13(12)17-14(18)5-6-19-10-11-8-16-9-11/h1-4,11,16H,5-6,8-10H2,(H,17,18). The first-order chi connectivity index (χ1) is 9.29. The van der Waals surface area contributed by atoms with Gasteiger partial charge in [0.15, 0.2) is 0 Å². The molecule has 0 radical (unpaired) electrons. The molecule has 5 heteroatoms. The van der Waals surface area contributed by atoms with Crippen molar-refractivity contribution in [1.82, 2.24) is 5.32 Å². The molecule has 4 nitrogen and oxygen atoms in total. The van der Waals surface area contributed by atoms with E-state index in [9.17, 15) is 4.79 Å². The van der Waals surface area contributed by atoms with E-state index in [1.807, 2.05) is 17.8 Å². The Kier molecular flexibility index (Phi) is 5.25. The molecule has 1 fully saturated rings. The van der Waals surface area contributed by atoms with Gasteiger partial charge in [-0.15, -0.1) is 0 Å². The molecule has 0 saturated carbocycles. The van der Waals surface area contributed by atoms with Crippen LogP contribution in [0, 0.1) is 17.2 Å². The minimum atomic E-state index is -0.0260. The molecule has 1 aromatic carbocycles. The summed E-state index contributed by atoms with van der Waals surface area (Å²) in [4.78, 5) is 11.8. The quantitative estimate of drug-likeness (QED) is 0.778. The monoisotopic (exact) mass is 275 g/mol. The lowest BCUT2D eigenvalue weighted by atomic mass is 10.1. The Morgan fingerprint density at radius 1 is 1.47 bits per heavy atom. The van der Waals surface area contributed by atoms with E-state index in [4.69, 9.17) is 5.26 Å². The van der Waals surface area contributed by atoms with Gasteiger partial charge in [0.2, 0.25) is 5.91 Å². The number of rotatable bonds is 6. The van der Waals surface area contributed by atoms with Crippen molar-refractivity contribution in [3.05, 3.63) is 29.8 Å². The summed E-state index contributed by atoms with van der Waals surface area (Å²) in [5.41, 5.74) is 1.10. The molecule has 1 aliphatic rings. The lowest BCUT2D eigenvalue weighted by Gasteiger charge is -2.26. The lowest BCUT2D eigenvalue weighted by Crippen LogP contribution is -2.43. The topological polar surface area (TPSA) is 64.9 Å². The Bertz CT molecular complexity index is 480. The average Bonchev–Trinajstić information content (AvgIpc) is 2.37. The van der Waals surface area contributed by atoms with Gasteiger partial charge in [-0.1, -0.05) is 12.1 Å². The molecule has 0 aromatic heterocycles. The van der Waals surface area contributed by atoms with Crippen LogP contribution in [0.1, 0.15) is 12.0 Å². The third-order valence-corrected chi connectivity index (χ3v) is 4.21. The largest absolute Gasteiger partial charge is 0.325 e. The normalized spacial score (nSPS) is 14.5. The maximum absolute atomic E-state index is 11.8. The number of nitrogens with zero attached hydrogens (tertiary/aromatic N) is 1. The molecular weight excluding hydrogens is 258 g/mol. The average molecular weight is 275 g/mol. The molecule has 100 valence electrons. The molecule has 19 heavy (non-hydrogen) atoms. The summed E-state index contributed by atoms with van der Waals surface area (Å²) in [5.74, 6) is 2.70. The van der Waals surface area contributed by atoms with Gasteiger partial charge in [0.25, 0.3) is 0 Å². The number of carbonyl (C=O) groups excluding carboxylic acids is 1. The van der Waals surface area contributed by atoms with Crippen LogP contribution in [0.15, 0.2) is 24.3 Å². The van der Waals surface area contributed by atoms with E-state index in [1.54, 1.807) is 18.2 Å². The fourth-order valence-electron chi connectivity index (χ4n) is 1.78. The van der Waals surface area contributed by atoms with Crippen molar-refractivity contribution in [2.75, 3.05) is 29.9 Å². The highest BCUT2D eigenvalue weighted by molar-refractivity contribution is 7.99. The molecule has 1 aromatic rings. The van der Waals surface area contributed by atoms with Gasteiger partial charge in [0.05, 0.1) is 11.3 Å². The summed E-state index contributed by atoms with van der Waals surface area (Å²) < 4.78 is 0. The summed E-state index contributed by atoms with van der Waals surface area (Å²) in [6, 6.07) is 9.13. The maximum Gasteiger partial charge on any atom is 0.225 e. The van der Waals surface area contributed by atoms with Gasteiger partial charge in [0.1, 0.15) is 6.07 Å². The third kappa shape index (κ3) is 4.27. The van der Waals surface area contributed by atoms with Gasteiger partial charge in [-0.3, -0.25) is 4.79 Å². The van der Waals surface area contributed by atoms with Crippen LogP contribution in [0.5, 0.6) is 0 Å². The molecule has 2 N–H and O–H groups in total. The maximum atomic E-state index is 11.8. The zero-order chi connectivity index (χ0) is 13.5. The summed E-state index contributed by atoms with van der Waals surface area (Å²) in [6.45, 7) is 2.21. The van der Waals surface area contributed by atoms with E-state index >= 15 is 0 Å². The van der Waals surface area contributed by atoms with E-state index in [1.165, 1.54) is 0 Å². The highest BCUT2D eigenvalue weighted by Crippen LogP contribution is 2.16. The second-order valence-electron chi connectivity index (χ2n) is 4.55. The number of nitriles is 1. The molecular formula is C14H17N3OS. The number of thioether (sulfide) groups is 1. The number of amides is 1. The molecule has 0 atom stereocenters. The van der Waals surface area contributed by atoms with Crippen LogP contribution in [0.4, 0.5) is 5.69 Å². The summed E-state index contributed by atoms with van der Waals surface area (Å²) in [7, 11) is 0. The zero-order valence-corrected chi connectivity index (χ0v) is 11.5. The third-order valence-electron chi connectivity index (χ3n) is 3.01. The highest BCUT2D eigenvalue weighted by Gasteiger charge is 2.16. The van der Waals surface area contributed by atoms with Crippen molar-refractivity contribution in [3.63, 3.8) is 0 Å². The van der Waals surface area contributed by atoms with Gasteiger partial charge < -0.3 is 10.6 Å². The van der Waals surface area contributed by atoms with Crippen LogP contribution in [-0.2, 0) is 4.79 Å². The number of anilines is 1. The van der Waals surface area contributed by atoms with Crippen molar-refractivity contribution in [2.45, 2.75) is 6.42 Å². The van der Waals surface area contributed by atoms with Crippen LogP contribution in [0.25, 0.3) is 0 Å². The second-order valence-corrected chi connectivity index (χ2v) is 5.70. The van der Waals surface area contributed by atoms with Gasteiger partial charge >= 0.3 is 0 Å². The molecule has 0 spiro atoms. The predicted molar refractivity (Wildman–Crippen MR) is 78.1 cm³/mol. The number of carbonyl (C=O) groups is 1. The van der Waals surface area contributed by atoms with Crippen LogP contribution < -0.4 is 10.6 Å². The molecule has 2 rings (SSSR count). The predicted octanol–water partition coefficient (Wildman–Crippen LogP) is 1.84. The van der Waals surface area contributed by atoms with Crippen LogP contribution >= 0.6 is 11.8 Å². The van der Waals surface area contributed by atoms with Gasteiger partial charge in [-0.25, -0.2) is 0 Å². The molecule has 0 bridgehead atoms. The van der Waals surface area contributed by atoms with Gasteiger partial charge in [-0.2, -0.15) is 17.0 Å². The number of para-hydroxylation sites is 1. The van der Waals surface area contributed by atoms with E-state index in [-0.39, 0.29) is 5.91 Å². The first kappa shape index (κ1) is 13.9. The smallest absolute Gasteiger partial charge is 0.225 e. The van der Waals surface area contributed by atoms with Crippen molar-refractivity contribution < 1.29 is 4.79 Å². The summed E-state index contributed by atoms with van der Waals surface area (Å²) in [5, 5.41) is 15.0. The molecule has 0 unspecified atom stereocenters. The van der Waals surface area contributed by atoms with Crippen molar-refractivity contribution in [3.8, 4) is 6.07 Å². The van der Waals surface area contributed by atoms with Gasteiger partial charge in [-0.05, 0) is 36.9 Å². The minimum Gasteiger partial charge on any atom is -0.325 e. The van der Waals surface area contributed by atoms with Gasteiger partial charge in [0, 0.05) is 12.2 Å². The first-order valence-corrected chi connectivity index (χ1v) is 7.52. The van der Waals surface area contributed by atoms with Crippen molar-refractivity contribution in [2.24, 2.45) is 5.92 Å². The first-order valence-electron chi connectivity index (χ1n) is 6.37. The number of nitrogens with one attached hydrogen (secondary N) is 2. The number of hydrogen-bond donors (Lipinski definition) is 2. The Hall–Kier alpha value is -1.51. The van der Waals surface area contributed by atoms with E-state index < -0.39 is 0 Å². The van der Waals surface area contributed by atoms with Crippen LogP contribution in [0.2, 0.25) is 0 Å². The summed E-state index contributed by atoms with van der Waals surface area (Å²) >= 11 is 1.82. The minimum absolute atomic E-state index is 0.0260. The van der Waals surface area contributed by atoms with E-state index in [0.717, 1.165) is 30.5 Å². The Labute approximate surface area is 117 Å². The fourth-order valence-corrected chi connectivity index (χ4v) is 2.85. The molecule has 1 aliphatic heterocycles. The van der Waals surface area contributed by atoms with E-state index in [0.29, 0.717) is 17.7 Å². The van der Waals surface area contributed by atoms with E-state index in [2.05, 4.69) is 16.7 Å². The number of hydrogen-bond acceptors (Lipinski definition) is 4. The Balaban J connectivity index is 1.70. The zero-order valence-electron chi connectivity index (χ0n) is 10.7. The van der Waals surface area contributed by atoms with Crippen LogP contribution in [-0.4, -0.2) is 30.5 Å². The Morgan fingerprint density at radius 3 is 2.95 bits per heavy atom. The molecule has 0 aliphatic carbocycles. The summed E-state index contributed by atoms with van der Waals surface area (Å²) in [6.07, 6.45) is 0.491. The second kappa shape index (κ2) is 7.17.